The Morgan fingerprint density at radius 3 is 2.24 bits per heavy atom. The molecule has 0 saturated carbocycles. The van der Waals surface area contributed by atoms with Gasteiger partial charge in [-0.15, -0.1) is 0 Å². The highest BCUT2D eigenvalue weighted by Gasteiger charge is 2.48. The van der Waals surface area contributed by atoms with E-state index >= 15 is 0 Å². The summed E-state index contributed by atoms with van der Waals surface area (Å²) < 4.78 is 0. The highest BCUT2D eigenvalue weighted by atomic mass is 16.2. The number of piperidine rings is 1. The second-order valence-corrected chi connectivity index (χ2v) is 7.18. The zero-order chi connectivity index (χ0) is 17.4. The Morgan fingerprint density at radius 2 is 1.52 bits per heavy atom. The first-order chi connectivity index (χ1) is 12.1. The Bertz CT molecular complexity index is 766. The first-order valence-electron chi connectivity index (χ1n) is 8.99. The third-order valence-corrected chi connectivity index (χ3v) is 5.95. The first kappa shape index (κ1) is 16.2. The number of amides is 1. The molecule has 0 radical (unpaired) electrons. The van der Waals surface area contributed by atoms with E-state index in [0.717, 1.165) is 43.7 Å². The highest BCUT2D eigenvalue weighted by Crippen LogP contribution is 2.41. The van der Waals surface area contributed by atoms with Crippen molar-refractivity contribution in [3.05, 3.63) is 65.7 Å². The number of carbonyl (C=O) groups excluding carboxylic acids is 1. The zero-order valence-corrected chi connectivity index (χ0v) is 15.0. The van der Waals surface area contributed by atoms with Crippen molar-refractivity contribution in [3.63, 3.8) is 0 Å². The third-order valence-electron chi connectivity index (χ3n) is 5.95. The molecule has 1 amide bonds. The number of benzene rings is 2. The lowest BCUT2D eigenvalue weighted by molar-refractivity contribution is 0.0244. The van der Waals surface area contributed by atoms with Crippen LogP contribution in [0.15, 0.2) is 54.6 Å². The van der Waals surface area contributed by atoms with Gasteiger partial charge < -0.3 is 9.80 Å². The van der Waals surface area contributed by atoms with Crippen molar-refractivity contribution in [3.8, 4) is 0 Å². The van der Waals surface area contributed by atoms with Crippen LogP contribution in [0.1, 0.15) is 28.8 Å². The molecule has 0 bridgehead atoms. The lowest BCUT2D eigenvalue weighted by Gasteiger charge is -2.55. The van der Waals surface area contributed by atoms with E-state index in [2.05, 4.69) is 53.2 Å². The Balaban J connectivity index is 1.55. The molecule has 4 rings (SSSR count). The average molecular weight is 335 g/mol. The molecule has 2 aliphatic rings. The largest absolute Gasteiger partial charge is 0.351 e. The van der Waals surface area contributed by atoms with Gasteiger partial charge in [0.05, 0.1) is 11.3 Å². The van der Waals surface area contributed by atoms with Crippen LogP contribution in [-0.4, -0.2) is 48.6 Å². The van der Waals surface area contributed by atoms with Crippen LogP contribution in [0.2, 0.25) is 0 Å². The molecule has 0 aliphatic carbocycles. The van der Waals surface area contributed by atoms with Crippen molar-refractivity contribution < 1.29 is 4.79 Å². The van der Waals surface area contributed by atoms with Crippen LogP contribution in [0.5, 0.6) is 0 Å². The molecular weight excluding hydrogens is 310 g/mol. The molecule has 1 fully saturated rings. The number of para-hydroxylation sites is 1. The fourth-order valence-electron chi connectivity index (χ4n) is 4.35. The van der Waals surface area contributed by atoms with Gasteiger partial charge in [0.15, 0.2) is 0 Å². The van der Waals surface area contributed by atoms with Crippen molar-refractivity contribution >= 4 is 11.6 Å². The minimum absolute atomic E-state index is 0.144. The van der Waals surface area contributed by atoms with Crippen LogP contribution in [0.4, 0.5) is 5.69 Å². The molecule has 25 heavy (non-hydrogen) atoms. The predicted octanol–water partition coefficient (Wildman–Crippen LogP) is 3.20. The molecule has 2 aromatic rings. The maximum absolute atomic E-state index is 12.9. The van der Waals surface area contributed by atoms with Crippen molar-refractivity contribution in [1.82, 2.24) is 9.80 Å². The van der Waals surface area contributed by atoms with Gasteiger partial charge in [-0.05, 0) is 17.7 Å². The second-order valence-electron chi connectivity index (χ2n) is 7.18. The Labute approximate surface area is 149 Å². The van der Waals surface area contributed by atoms with Crippen LogP contribution in [0, 0.1) is 0 Å². The summed E-state index contributed by atoms with van der Waals surface area (Å²) in [5.74, 6) is 0.144. The molecular formula is C21H25N3O. The predicted molar refractivity (Wildman–Crippen MR) is 101 cm³/mol. The standard InChI is InChI=1S/C21H25N3O/c1-22-19-11-7-6-10-18(19)20(25)23(2)21(22)12-14-24(15-13-21)16-17-8-4-3-5-9-17/h3-11H,12-16H2,1-2H3. The van der Waals surface area contributed by atoms with E-state index in [1.807, 2.05) is 30.1 Å². The number of fused-ring (bicyclic) bond motifs is 1. The fourth-order valence-corrected chi connectivity index (χ4v) is 4.35. The Kier molecular flexibility index (Phi) is 4.00. The van der Waals surface area contributed by atoms with Gasteiger partial charge >= 0.3 is 0 Å². The van der Waals surface area contributed by atoms with Crippen molar-refractivity contribution in [1.29, 1.82) is 0 Å². The molecule has 2 aliphatic heterocycles. The molecule has 1 saturated heterocycles. The van der Waals surface area contributed by atoms with E-state index in [1.165, 1.54) is 5.56 Å². The Hall–Kier alpha value is -2.33. The van der Waals surface area contributed by atoms with E-state index in [-0.39, 0.29) is 11.6 Å². The van der Waals surface area contributed by atoms with Gasteiger partial charge in [-0.1, -0.05) is 42.5 Å². The van der Waals surface area contributed by atoms with Gasteiger partial charge in [-0.25, -0.2) is 0 Å². The summed E-state index contributed by atoms with van der Waals surface area (Å²) in [7, 11) is 4.09. The summed E-state index contributed by atoms with van der Waals surface area (Å²) in [5.41, 5.74) is 3.01. The molecule has 4 nitrogen and oxygen atoms in total. The molecule has 2 heterocycles. The van der Waals surface area contributed by atoms with Crippen molar-refractivity contribution in [2.45, 2.75) is 25.0 Å². The molecule has 0 unspecified atom stereocenters. The van der Waals surface area contributed by atoms with E-state index in [0.29, 0.717) is 0 Å². The maximum Gasteiger partial charge on any atom is 0.257 e. The minimum Gasteiger partial charge on any atom is -0.351 e. The topological polar surface area (TPSA) is 26.8 Å². The zero-order valence-electron chi connectivity index (χ0n) is 15.0. The van der Waals surface area contributed by atoms with Gasteiger partial charge in [-0.3, -0.25) is 9.69 Å². The first-order valence-corrected chi connectivity index (χ1v) is 8.99. The molecule has 0 atom stereocenters. The molecule has 4 heteroatoms. The summed E-state index contributed by atoms with van der Waals surface area (Å²) in [4.78, 5) is 19.7. The van der Waals surface area contributed by atoms with Crippen molar-refractivity contribution in [2.24, 2.45) is 0 Å². The lowest BCUT2D eigenvalue weighted by Crippen LogP contribution is -2.66. The van der Waals surface area contributed by atoms with Gasteiger partial charge in [0.1, 0.15) is 5.66 Å². The summed E-state index contributed by atoms with van der Waals surface area (Å²) >= 11 is 0. The number of carbonyl (C=O) groups is 1. The van der Waals surface area contributed by atoms with Crippen LogP contribution >= 0.6 is 0 Å². The summed E-state index contributed by atoms with van der Waals surface area (Å²) in [6.07, 6.45) is 1.93. The maximum atomic E-state index is 12.9. The lowest BCUT2D eigenvalue weighted by atomic mass is 9.88. The number of anilines is 1. The van der Waals surface area contributed by atoms with Crippen LogP contribution in [0.25, 0.3) is 0 Å². The van der Waals surface area contributed by atoms with Crippen LogP contribution in [0.3, 0.4) is 0 Å². The highest BCUT2D eigenvalue weighted by molar-refractivity contribution is 6.02. The molecule has 130 valence electrons. The summed E-state index contributed by atoms with van der Waals surface area (Å²) in [5, 5.41) is 0. The van der Waals surface area contributed by atoms with E-state index in [4.69, 9.17) is 0 Å². The van der Waals surface area contributed by atoms with Gasteiger partial charge in [-0.2, -0.15) is 0 Å². The molecule has 1 spiro atoms. The molecule has 2 aromatic carbocycles. The van der Waals surface area contributed by atoms with E-state index in [1.54, 1.807) is 0 Å². The van der Waals surface area contributed by atoms with Gasteiger partial charge in [0.25, 0.3) is 5.91 Å². The summed E-state index contributed by atoms with van der Waals surface area (Å²) in [6, 6.07) is 18.6. The SMILES string of the molecule is CN1C(=O)c2ccccc2N(C)C12CCN(Cc1ccccc1)CC2. The van der Waals surface area contributed by atoms with Gasteiger partial charge in [0, 0.05) is 46.6 Å². The molecule has 0 N–H and O–H groups in total. The van der Waals surface area contributed by atoms with E-state index in [9.17, 15) is 4.79 Å². The number of hydrogen-bond donors (Lipinski definition) is 0. The quantitative estimate of drug-likeness (QED) is 0.843. The van der Waals surface area contributed by atoms with Crippen LogP contribution < -0.4 is 4.90 Å². The number of likely N-dealkylation sites (tertiary alicyclic amines) is 1. The number of hydrogen-bond acceptors (Lipinski definition) is 3. The minimum atomic E-state index is -0.210. The van der Waals surface area contributed by atoms with Crippen LogP contribution in [-0.2, 0) is 6.54 Å². The average Bonchev–Trinajstić information content (AvgIpc) is 2.67. The van der Waals surface area contributed by atoms with E-state index < -0.39 is 0 Å². The van der Waals surface area contributed by atoms with Crippen molar-refractivity contribution in [2.75, 3.05) is 32.1 Å². The molecule has 0 aromatic heterocycles. The monoisotopic (exact) mass is 335 g/mol. The number of nitrogens with zero attached hydrogens (tertiary/aromatic N) is 3. The smallest absolute Gasteiger partial charge is 0.257 e. The second kappa shape index (κ2) is 6.19. The summed E-state index contributed by atoms with van der Waals surface area (Å²) in [6.45, 7) is 2.98. The number of rotatable bonds is 2. The fraction of sp³-hybridized carbons (Fsp3) is 0.381. The van der Waals surface area contributed by atoms with Gasteiger partial charge in [0.2, 0.25) is 0 Å². The Morgan fingerprint density at radius 1 is 0.880 bits per heavy atom. The normalized spacial score (nSPS) is 20.0. The third kappa shape index (κ3) is 2.61.